The zero-order chi connectivity index (χ0) is 11.0. The maximum absolute atomic E-state index is 11.4. The Morgan fingerprint density at radius 2 is 2.33 bits per heavy atom. The van der Waals surface area contributed by atoms with Gasteiger partial charge in [-0.2, -0.15) is 0 Å². The van der Waals surface area contributed by atoms with Crippen LogP contribution in [0.4, 0.5) is 5.69 Å². The molecule has 0 bridgehead atoms. The number of amides is 1. The van der Waals surface area contributed by atoms with Gasteiger partial charge in [-0.1, -0.05) is 0 Å². The zero-order valence-corrected chi connectivity index (χ0v) is 10.8. The first-order valence-electron chi connectivity index (χ1n) is 3.96. The summed E-state index contributed by atoms with van der Waals surface area (Å²) in [5.74, 6) is -0.143. The SMILES string of the molecule is COC(=O)c1sc(Br)c2c1NC(=O)CS2. The first kappa shape index (κ1) is 11.0. The number of halogens is 1. The third-order valence-corrected chi connectivity index (χ3v) is 5.14. The number of thiophene rings is 1. The van der Waals surface area contributed by atoms with Gasteiger partial charge >= 0.3 is 5.97 Å². The van der Waals surface area contributed by atoms with Gasteiger partial charge < -0.3 is 10.1 Å². The second kappa shape index (κ2) is 4.15. The second-order valence-electron chi connectivity index (χ2n) is 2.74. The molecule has 0 atom stereocenters. The van der Waals surface area contributed by atoms with Crippen LogP contribution in [0, 0.1) is 0 Å². The predicted molar refractivity (Wildman–Crippen MR) is 62.7 cm³/mol. The highest BCUT2D eigenvalue weighted by Crippen LogP contribution is 2.45. The standard InChI is InChI=1S/C8H6BrNO3S2/c1-13-8(12)6-4-5(7(9)15-6)14-2-3(11)10-4/h2H2,1H3,(H,10,11). The summed E-state index contributed by atoms with van der Waals surface area (Å²) in [4.78, 5) is 23.9. The molecular weight excluding hydrogens is 302 g/mol. The Morgan fingerprint density at radius 1 is 1.60 bits per heavy atom. The molecule has 0 spiro atoms. The van der Waals surface area contributed by atoms with Gasteiger partial charge in [0.25, 0.3) is 0 Å². The van der Waals surface area contributed by atoms with E-state index in [1.54, 1.807) is 0 Å². The molecule has 1 aromatic heterocycles. The molecule has 2 heterocycles. The van der Waals surface area contributed by atoms with Crippen LogP contribution in [-0.4, -0.2) is 24.7 Å². The summed E-state index contributed by atoms with van der Waals surface area (Å²) in [6.07, 6.45) is 0. The Labute approximate surface area is 103 Å². The molecule has 80 valence electrons. The van der Waals surface area contributed by atoms with Crippen molar-refractivity contribution in [3.05, 3.63) is 8.66 Å². The highest BCUT2D eigenvalue weighted by atomic mass is 79.9. The van der Waals surface area contributed by atoms with E-state index in [2.05, 4.69) is 26.0 Å². The average Bonchev–Trinajstić information content (AvgIpc) is 2.54. The van der Waals surface area contributed by atoms with Crippen LogP contribution in [-0.2, 0) is 9.53 Å². The van der Waals surface area contributed by atoms with E-state index in [1.165, 1.54) is 30.2 Å². The number of esters is 1. The van der Waals surface area contributed by atoms with Gasteiger partial charge in [0.1, 0.15) is 4.88 Å². The molecule has 1 aliphatic rings. The fourth-order valence-electron chi connectivity index (χ4n) is 1.18. The van der Waals surface area contributed by atoms with Crippen LogP contribution in [0.15, 0.2) is 8.68 Å². The lowest BCUT2D eigenvalue weighted by Gasteiger charge is -2.13. The normalized spacial score (nSPS) is 14.4. The first-order chi connectivity index (χ1) is 7.13. The van der Waals surface area contributed by atoms with Crippen LogP contribution in [0.2, 0.25) is 0 Å². The summed E-state index contributed by atoms with van der Waals surface area (Å²) in [6.45, 7) is 0. The van der Waals surface area contributed by atoms with Crippen molar-refractivity contribution in [1.82, 2.24) is 0 Å². The van der Waals surface area contributed by atoms with E-state index in [1.807, 2.05) is 0 Å². The molecule has 7 heteroatoms. The van der Waals surface area contributed by atoms with Gasteiger partial charge in [-0.3, -0.25) is 4.79 Å². The highest BCUT2D eigenvalue weighted by Gasteiger charge is 2.27. The predicted octanol–water partition coefficient (Wildman–Crippen LogP) is 2.34. The van der Waals surface area contributed by atoms with Gasteiger partial charge in [-0.25, -0.2) is 4.79 Å². The maximum Gasteiger partial charge on any atom is 0.350 e. The smallest absolute Gasteiger partial charge is 0.350 e. The molecule has 0 fully saturated rings. The van der Waals surface area contributed by atoms with E-state index in [4.69, 9.17) is 0 Å². The molecule has 1 N–H and O–H groups in total. The molecule has 0 radical (unpaired) electrons. The van der Waals surface area contributed by atoms with Crippen LogP contribution in [0.25, 0.3) is 0 Å². The number of nitrogens with one attached hydrogen (secondary N) is 1. The van der Waals surface area contributed by atoms with Crippen molar-refractivity contribution < 1.29 is 14.3 Å². The van der Waals surface area contributed by atoms with E-state index < -0.39 is 5.97 Å². The Hall–Kier alpha value is -0.530. The Kier molecular flexibility index (Phi) is 3.03. The van der Waals surface area contributed by atoms with E-state index in [0.29, 0.717) is 16.3 Å². The van der Waals surface area contributed by atoms with Gasteiger partial charge in [0, 0.05) is 0 Å². The minimum absolute atomic E-state index is 0.0945. The Morgan fingerprint density at radius 3 is 3.00 bits per heavy atom. The number of carbonyl (C=O) groups excluding carboxylic acids is 2. The zero-order valence-electron chi connectivity index (χ0n) is 7.63. The molecule has 0 aliphatic carbocycles. The van der Waals surface area contributed by atoms with Crippen molar-refractivity contribution in [1.29, 1.82) is 0 Å². The molecule has 1 amide bonds. The lowest BCUT2D eigenvalue weighted by atomic mass is 10.3. The monoisotopic (exact) mass is 307 g/mol. The number of methoxy groups -OCH3 is 1. The summed E-state index contributed by atoms with van der Waals surface area (Å²) < 4.78 is 5.49. The molecule has 0 saturated carbocycles. The van der Waals surface area contributed by atoms with Crippen LogP contribution in [0.5, 0.6) is 0 Å². The van der Waals surface area contributed by atoms with Crippen molar-refractivity contribution in [3.63, 3.8) is 0 Å². The van der Waals surface area contributed by atoms with Crippen molar-refractivity contribution in [2.45, 2.75) is 4.90 Å². The van der Waals surface area contributed by atoms with Gasteiger partial charge in [0.15, 0.2) is 0 Å². The van der Waals surface area contributed by atoms with Gasteiger partial charge in [-0.15, -0.1) is 23.1 Å². The number of thioether (sulfide) groups is 1. The van der Waals surface area contributed by atoms with Crippen LogP contribution >= 0.6 is 39.0 Å². The fourth-order valence-corrected chi connectivity index (χ4v) is 4.13. The largest absolute Gasteiger partial charge is 0.465 e. The summed E-state index contributed by atoms with van der Waals surface area (Å²) >= 11 is 6.05. The number of anilines is 1. The molecule has 2 rings (SSSR count). The maximum atomic E-state index is 11.4. The minimum Gasteiger partial charge on any atom is -0.465 e. The van der Waals surface area contributed by atoms with Gasteiger partial charge in [0.2, 0.25) is 5.91 Å². The number of carbonyl (C=O) groups is 2. The van der Waals surface area contributed by atoms with Crippen molar-refractivity contribution >= 4 is 56.6 Å². The molecule has 0 aromatic carbocycles. The lowest BCUT2D eigenvalue weighted by Crippen LogP contribution is -2.19. The van der Waals surface area contributed by atoms with Crippen molar-refractivity contribution in [2.24, 2.45) is 0 Å². The molecule has 15 heavy (non-hydrogen) atoms. The van der Waals surface area contributed by atoms with E-state index in [-0.39, 0.29) is 5.91 Å². The number of fused-ring (bicyclic) bond motifs is 1. The van der Waals surface area contributed by atoms with Crippen LogP contribution in [0.3, 0.4) is 0 Å². The fraction of sp³-hybridized carbons (Fsp3) is 0.250. The molecule has 0 saturated heterocycles. The number of hydrogen-bond donors (Lipinski definition) is 1. The highest BCUT2D eigenvalue weighted by molar-refractivity contribution is 9.11. The number of ether oxygens (including phenoxy) is 1. The summed E-state index contributed by atoms with van der Waals surface area (Å²) in [5, 5.41) is 2.68. The molecule has 1 aliphatic heterocycles. The van der Waals surface area contributed by atoms with Crippen LogP contribution in [0.1, 0.15) is 9.67 Å². The summed E-state index contributed by atoms with van der Waals surface area (Å²) in [7, 11) is 1.32. The van der Waals surface area contributed by atoms with E-state index in [9.17, 15) is 9.59 Å². The number of hydrogen-bond acceptors (Lipinski definition) is 5. The number of rotatable bonds is 1. The molecule has 4 nitrogen and oxygen atoms in total. The molecular formula is C8H6BrNO3S2. The third kappa shape index (κ3) is 1.91. The Balaban J connectivity index is 2.49. The third-order valence-electron chi connectivity index (χ3n) is 1.81. The van der Waals surface area contributed by atoms with Crippen molar-refractivity contribution in [3.8, 4) is 0 Å². The van der Waals surface area contributed by atoms with Gasteiger partial charge in [0.05, 0.1) is 27.2 Å². The molecule has 0 unspecified atom stereocenters. The quantitative estimate of drug-likeness (QED) is 0.809. The Bertz CT molecular complexity index is 443. The summed E-state index contributed by atoms with van der Waals surface area (Å²) in [6, 6.07) is 0. The lowest BCUT2D eigenvalue weighted by molar-refractivity contribution is -0.113. The van der Waals surface area contributed by atoms with Gasteiger partial charge in [-0.05, 0) is 15.9 Å². The average molecular weight is 308 g/mol. The second-order valence-corrected chi connectivity index (χ2v) is 6.06. The molecule has 1 aromatic rings. The van der Waals surface area contributed by atoms with E-state index >= 15 is 0 Å². The van der Waals surface area contributed by atoms with Crippen LogP contribution < -0.4 is 5.32 Å². The van der Waals surface area contributed by atoms with Crippen molar-refractivity contribution in [2.75, 3.05) is 18.2 Å². The summed E-state index contributed by atoms with van der Waals surface area (Å²) in [5.41, 5.74) is 0.569. The first-order valence-corrected chi connectivity index (χ1v) is 6.56. The minimum atomic E-state index is -0.426. The topological polar surface area (TPSA) is 55.4 Å². The van der Waals surface area contributed by atoms with E-state index in [0.717, 1.165) is 8.68 Å².